The van der Waals surface area contributed by atoms with Gasteiger partial charge in [-0.25, -0.2) is 8.42 Å². The van der Waals surface area contributed by atoms with E-state index in [0.717, 1.165) is 32.1 Å². The summed E-state index contributed by atoms with van der Waals surface area (Å²) in [5.74, 6) is -0.203. The zero-order chi connectivity index (χ0) is 15.8. The Balaban J connectivity index is 0. The van der Waals surface area contributed by atoms with Gasteiger partial charge >= 0.3 is 29.6 Å². The van der Waals surface area contributed by atoms with E-state index in [-0.39, 0.29) is 35.3 Å². The minimum atomic E-state index is -4.00. The summed E-state index contributed by atoms with van der Waals surface area (Å²) in [6, 6.07) is 0. The first kappa shape index (κ1) is 25.1. The van der Waals surface area contributed by atoms with E-state index in [1.807, 2.05) is 0 Å². The quantitative estimate of drug-likeness (QED) is 0.257. The van der Waals surface area contributed by atoms with E-state index in [9.17, 15) is 13.0 Å². The molecule has 0 radical (unpaired) electrons. The number of aliphatic hydroxyl groups excluding tert-OH is 1. The van der Waals surface area contributed by atoms with E-state index in [2.05, 4.69) is 0 Å². The van der Waals surface area contributed by atoms with Gasteiger partial charge < -0.3 is 9.66 Å². The smallest absolute Gasteiger partial charge is 0.748 e. The van der Waals surface area contributed by atoms with Crippen molar-refractivity contribution in [1.82, 2.24) is 0 Å². The van der Waals surface area contributed by atoms with Crippen LogP contribution in [0.15, 0.2) is 0 Å². The van der Waals surface area contributed by atoms with Crippen LogP contribution in [0, 0.1) is 0 Å². The normalized spacial score (nSPS) is 11.4. The second-order valence-corrected chi connectivity index (χ2v) is 7.46. The van der Waals surface area contributed by atoms with Gasteiger partial charge in [0, 0.05) is 12.4 Å². The van der Waals surface area contributed by atoms with Gasteiger partial charge in [0.15, 0.2) is 0 Å². The summed E-state index contributed by atoms with van der Waals surface area (Å²) in [7, 11) is -4.00. The molecule has 0 atom stereocenters. The molecular weight excluding hydrogens is 311 g/mol. The van der Waals surface area contributed by atoms with Crippen LogP contribution in [-0.4, -0.2) is 30.4 Å². The van der Waals surface area contributed by atoms with Gasteiger partial charge in [-0.1, -0.05) is 77.0 Å². The minimum Gasteiger partial charge on any atom is -0.748 e. The maximum atomic E-state index is 10.4. The van der Waals surface area contributed by atoms with E-state index < -0.39 is 10.1 Å². The van der Waals surface area contributed by atoms with Crippen LogP contribution >= 0.6 is 0 Å². The Morgan fingerprint density at radius 3 is 1.14 bits per heavy atom. The van der Waals surface area contributed by atoms with Crippen molar-refractivity contribution in [1.29, 1.82) is 0 Å². The van der Waals surface area contributed by atoms with Gasteiger partial charge in [0.05, 0.1) is 10.1 Å². The molecule has 0 aliphatic rings. The third-order valence-electron chi connectivity index (χ3n) is 3.80. The van der Waals surface area contributed by atoms with Gasteiger partial charge in [0.25, 0.3) is 0 Å². The zero-order valence-corrected chi connectivity index (χ0v) is 17.2. The van der Waals surface area contributed by atoms with Gasteiger partial charge in [-0.05, 0) is 12.8 Å². The molecule has 0 aliphatic carbocycles. The monoisotopic (exact) mass is 344 g/mol. The molecule has 0 aliphatic heterocycles. The second-order valence-electron chi connectivity index (χ2n) is 5.94. The Kier molecular flexibility index (Phi) is 20.8. The number of aliphatic hydroxyl groups is 1. The van der Waals surface area contributed by atoms with Crippen molar-refractivity contribution in [2.24, 2.45) is 0 Å². The van der Waals surface area contributed by atoms with Gasteiger partial charge in [-0.2, -0.15) is 0 Å². The van der Waals surface area contributed by atoms with Crippen LogP contribution in [-0.2, 0) is 10.1 Å². The fourth-order valence-corrected chi connectivity index (χ4v) is 3.07. The summed E-state index contributed by atoms with van der Waals surface area (Å²) >= 11 is 0. The van der Waals surface area contributed by atoms with Crippen LogP contribution in [0.3, 0.4) is 0 Å². The zero-order valence-electron chi connectivity index (χ0n) is 14.4. The van der Waals surface area contributed by atoms with E-state index in [0.29, 0.717) is 13.0 Å². The molecule has 0 aromatic carbocycles. The molecule has 0 rings (SSSR count). The Morgan fingerprint density at radius 2 is 0.864 bits per heavy atom. The van der Waals surface area contributed by atoms with Gasteiger partial charge in [0.2, 0.25) is 0 Å². The average molecular weight is 344 g/mol. The molecule has 0 aromatic rings. The molecule has 6 heteroatoms. The summed E-state index contributed by atoms with van der Waals surface area (Å²) in [6.45, 7) is 0.326. The predicted molar refractivity (Wildman–Crippen MR) is 86.3 cm³/mol. The fourth-order valence-electron chi connectivity index (χ4n) is 2.51. The van der Waals surface area contributed by atoms with Gasteiger partial charge in [-0.3, -0.25) is 0 Å². The molecule has 128 valence electrons. The van der Waals surface area contributed by atoms with Gasteiger partial charge in [0.1, 0.15) is 0 Å². The molecule has 0 aromatic heterocycles. The number of hydrogen-bond acceptors (Lipinski definition) is 4. The van der Waals surface area contributed by atoms with Crippen molar-refractivity contribution in [2.45, 2.75) is 89.9 Å². The molecule has 0 heterocycles. The van der Waals surface area contributed by atoms with E-state index in [1.165, 1.54) is 51.4 Å². The van der Waals surface area contributed by atoms with Gasteiger partial charge in [-0.15, -0.1) is 0 Å². The van der Waals surface area contributed by atoms with Crippen LogP contribution in [0.4, 0.5) is 0 Å². The second kappa shape index (κ2) is 18.2. The number of hydrogen-bond donors (Lipinski definition) is 1. The molecule has 0 unspecified atom stereocenters. The third-order valence-corrected chi connectivity index (χ3v) is 4.59. The van der Waals surface area contributed by atoms with E-state index in [1.54, 1.807) is 0 Å². The third kappa shape index (κ3) is 23.1. The topological polar surface area (TPSA) is 77.4 Å². The largest absolute Gasteiger partial charge is 1.00 e. The van der Waals surface area contributed by atoms with Crippen molar-refractivity contribution in [3.63, 3.8) is 0 Å². The Bertz CT molecular complexity index is 307. The van der Waals surface area contributed by atoms with Crippen molar-refractivity contribution in [2.75, 3.05) is 12.4 Å². The summed E-state index contributed by atoms with van der Waals surface area (Å²) in [5.41, 5.74) is 0. The van der Waals surface area contributed by atoms with Crippen molar-refractivity contribution in [3.8, 4) is 0 Å². The Labute approximate surface area is 159 Å². The molecule has 0 fully saturated rings. The standard InChI is InChI=1S/C16H34O4S.Na/c17-15-13-11-9-7-5-3-1-2-4-6-8-10-12-14-16-21(18,19)20;/h17H,1-16H2,(H,18,19,20);/q;+1/p-1. The fraction of sp³-hybridized carbons (Fsp3) is 1.00. The summed E-state index contributed by atoms with van der Waals surface area (Å²) in [5, 5.41) is 8.65. The van der Waals surface area contributed by atoms with Crippen LogP contribution in [0.1, 0.15) is 89.9 Å². The molecule has 0 spiro atoms. The molecule has 0 bridgehead atoms. The maximum Gasteiger partial charge on any atom is 1.00 e. The summed E-state index contributed by atoms with van der Waals surface area (Å²) in [6.07, 6.45) is 15.9. The predicted octanol–water partition coefficient (Wildman–Crippen LogP) is 0.989. The number of rotatable bonds is 16. The van der Waals surface area contributed by atoms with E-state index in [4.69, 9.17) is 5.11 Å². The minimum absolute atomic E-state index is 0. The van der Waals surface area contributed by atoms with Crippen LogP contribution in [0.5, 0.6) is 0 Å². The Hall–Kier alpha value is 0.870. The molecule has 0 saturated carbocycles. The number of unbranched alkanes of at least 4 members (excludes halogenated alkanes) is 13. The Morgan fingerprint density at radius 1 is 0.591 bits per heavy atom. The van der Waals surface area contributed by atoms with Crippen LogP contribution in [0.2, 0.25) is 0 Å². The molecule has 4 nitrogen and oxygen atoms in total. The molecule has 1 N–H and O–H groups in total. The molecule has 22 heavy (non-hydrogen) atoms. The average Bonchev–Trinajstić information content (AvgIpc) is 2.42. The van der Waals surface area contributed by atoms with Crippen molar-refractivity contribution in [3.05, 3.63) is 0 Å². The molecule has 0 amide bonds. The SMILES string of the molecule is O=S(=O)([O-])CCCCCCCCCCCCCCCCO.[Na+]. The summed E-state index contributed by atoms with van der Waals surface area (Å²) < 4.78 is 31.2. The van der Waals surface area contributed by atoms with Crippen LogP contribution in [0.25, 0.3) is 0 Å². The van der Waals surface area contributed by atoms with Crippen LogP contribution < -0.4 is 29.6 Å². The first-order chi connectivity index (χ1) is 10.1. The summed E-state index contributed by atoms with van der Waals surface area (Å²) in [4.78, 5) is 0. The molecular formula is C16H33NaO4S. The van der Waals surface area contributed by atoms with Crippen molar-refractivity contribution < 1.29 is 47.6 Å². The van der Waals surface area contributed by atoms with Crippen molar-refractivity contribution >= 4 is 10.1 Å². The molecule has 0 saturated heterocycles. The first-order valence-corrected chi connectivity index (χ1v) is 10.2. The van der Waals surface area contributed by atoms with E-state index >= 15 is 0 Å². The first-order valence-electron chi connectivity index (χ1n) is 8.60. The maximum absolute atomic E-state index is 10.4.